The summed E-state index contributed by atoms with van der Waals surface area (Å²) in [5.41, 5.74) is 0.166. The summed E-state index contributed by atoms with van der Waals surface area (Å²) in [5.74, 6) is -1.53. The van der Waals surface area contributed by atoms with Gasteiger partial charge in [0.25, 0.3) is 0 Å². The van der Waals surface area contributed by atoms with Gasteiger partial charge in [0.05, 0.1) is 29.3 Å². The van der Waals surface area contributed by atoms with Crippen molar-refractivity contribution in [1.82, 2.24) is 10.2 Å². The largest absolute Gasteiger partial charge is 0.480 e. The predicted molar refractivity (Wildman–Crippen MR) is 159 cm³/mol. The lowest BCUT2D eigenvalue weighted by molar-refractivity contribution is -0.163. The number of rotatable bonds is 10. The van der Waals surface area contributed by atoms with Gasteiger partial charge in [0.15, 0.2) is 9.84 Å². The van der Waals surface area contributed by atoms with Gasteiger partial charge in [-0.1, -0.05) is 44.2 Å². The zero-order chi connectivity index (χ0) is 33.2. The van der Waals surface area contributed by atoms with E-state index in [1.54, 1.807) is 34.6 Å². The van der Waals surface area contributed by atoms with Gasteiger partial charge in [-0.3, -0.25) is 10.1 Å². The number of amides is 1. The summed E-state index contributed by atoms with van der Waals surface area (Å²) >= 11 is 0. The number of hydrogen-bond donors (Lipinski definition) is 4. The Bertz CT molecular complexity index is 1440. The van der Waals surface area contributed by atoms with Gasteiger partial charge in [0.2, 0.25) is 0 Å². The fourth-order valence-corrected chi connectivity index (χ4v) is 5.74. The smallest absolute Gasteiger partial charge is 0.410 e. The molecule has 1 fully saturated rings. The van der Waals surface area contributed by atoms with Gasteiger partial charge < -0.3 is 25.2 Å². The first-order valence-electron chi connectivity index (χ1n) is 14.1. The highest BCUT2D eigenvalue weighted by Crippen LogP contribution is 2.36. The number of halogens is 3. The van der Waals surface area contributed by atoms with Crippen molar-refractivity contribution < 1.29 is 46.1 Å². The second-order valence-electron chi connectivity index (χ2n) is 12.5. The molecule has 0 aromatic heterocycles. The number of carboxylic acids is 1. The molecule has 4 atom stereocenters. The lowest BCUT2D eigenvalue weighted by Crippen LogP contribution is -2.45. The lowest BCUT2D eigenvalue weighted by atomic mass is 9.98. The molecule has 244 valence electrons. The van der Waals surface area contributed by atoms with Crippen LogP contribution in [0.15, 0.2) is 47.4 Å². The number of aliphatic hydroxyl groups excluding tert-OH is 1. The summed E-state index contributed by atoms with van der Waals surface area (Å²) < 4.78 is 72.5. The molecule has 1 heterocycles. The highest BCUT2D eigenvalue weighted by Gasteiger charge is 2.43. The van der Waals surface area contributed by atoms with Crippen molar-refractivity contribution in [2.45, 2.75) is 81.9 Å². The number of carboxylic acid groups (broad SMARTS) is 1. The van der Waals surface area contributed by atoms with E-state index >= 15 is 0 Å². The molecule has 1 amide bonds. The van der Waals surface area contributed by atoms with Crippen molar-refractivity contribution >= 4 is 27.6 Å². The van der Waals surface area contributed by atoms with Crippen molar-refractivity contribution in [2.75, 3.05) is 24.7 Å². The number of ether oxygens (including phenoxy) is 1. The van der Waals surface area contributed by atoms with E-state index in [0.717, 1.165) is 6.26 Å². The van der Waals surface area contributed by atoms with Crippen molar-refractivity contribution in [3.05, 3.63) is 48.0 Å². The minimum Gasteiger partial charge on any atom is -0.480 e. The van der Waals surface area contributed by atoms with Gasteiger partial charge in [0, 0.05) is 12.8 Å². The molecule has 1 saturated heterocycles. The number of nitrogens with zero attached hydrogens (tertiary/aromatic N) is 1. The maximum Gasteiger partial charge on any atom is 0.410 e. The first kappa shape index (κ1) is 35.1. The predicted octanol–water partition coefficient (Wildman–Crippen LogP) is 4.84. The number of anilines is 1. The fourth-order valence-electron chi connectivity index (χ4n) is 4.91. The van der Waals surface area contributed by atoms with Gasteiger partial charge in [-0.15, -0.1) is 0 Å². The Kier molecular flexibility index (Phi) is 10.6. The molecule has 1 aliphatic heterocycles. The van der Waals surface area contributed by atoms with Crippen LogP contribution in [0.3, 0.4) is 0 Å². The SMILES string of the molecule is CC(C)C[C@H](NC(c1ccc(-c2ccc(S(C)(=O)=O)c(NC3CN(C(=O)OC(C)(C)C)CC3O)c2)cc1)C(F)(F)F)C(=O)O. The van der Waals surface area contributed by atoms with Crippen LogP contribution in [-0.2, 0) is 19.4 Å². The summed E-state index contributed by atoms with van der Waals surface area (Å²) in [7, 11) is -3.74. The Labute approximate surface area is 255 Å². The first-order chi connectivity index (χ1) is 20.2. The number of nitrogens with one attached hydrogen (secondary N) is 2. The molecule has 0 radical (unpaired) electrons. The van der Waals surface area contributed by atoms with Gasteiger partial charge in [-0.25, -0.2) is 13.2 Å². The topological polar surface area (TPSA) is 145 Å². The molecule has 3 unspecified atom stereocenters. The third-order valence-electron chi connectivity index (χ3n) is 6.94. The van der Waals surface area contributed by atoms with Crippen molar-refractivity contribution in [1.29, 1.82) is 0 Å². The molecule has 10 nitrogen and oxygen atoms in total. The molecule has 0 aliphatic carbocycles. The Morgan fingerprint density at radius 2 is 1.64 bits per heavy atom. The summed E-state index contributed by atoms with van der Waals surface area (Å²) in [4.78, 5) is 25.4. The Hall–Kier alpha value is -3.36. The third-order valence-corrected chi connectivity index (χ3v) is 8.09. The zero-order valence-corrected chi connectivity index (χ0v) is 26.3. The van der Waals surface area contributed by atoms with Crippen LogP contribution in [0.5, 0.6) is 0 Å². The maximum absolute atomic E-state index is 14.0. The number of hydrogen-bond acceptors (Lipinski definition) is 8. The van der Waals surface area contributed by atoms with E-state index in [4.69, 9.17) is 4.74 Å². The standard InChI is InChI=1S/C30H40F3N3O7S/c1-17(2)13-22(27(38)39)35-26(30(31,32)33)19-9-7-18(8-10-19)20-11-12-25(44(6,41)42)21(14-20)34-23-15-36(16-24(23)37)28(40)43-29(3,4)5/h7-12,14,17,22-24,26,34-35,37H,13,15-16H2,1-6H3,(H,38,39)/t22-,23?,24?,26?/m0/s1. The minimum atomic E-state index is -4.77. The van der Waals surface area contributed by atoms with Crippen LogP contribution in [0.2, 0.25) is 0 Å². The molecular weight excluding hydrogens is 603 g/mol. The molecule has 0 saturated carbocycles. The molecule has 0 spiro atoms. The van der Waals surface area contributed by atoms with Crippen LogP contribution in [-0.4, -0.2) is 84.9 Å². The lowest BCUT2D eigenvalue weighted by Gasteiger charge is -2.27. The van der Waals surface area contributed by atoms with Crippen LogP contribution in [0.1, 0.15) is 52.6 Å². The minimum absolute atomic E-state index is 0.00762. The highest BCUT2D eigenvalue weighted by atomic mass is 32.2. The van der Waals surface area contributed by atoms with Gasteiger partial charge in [0.1, 0.15) is 17.7 Å². The Morgan fingerprint density at radius 1 is 1.05 bits per heavy atom. The fraction of sp³-hybridized carbons (Fsp3) is 0.533. The number of sulfone groups is 1. The summed E-state index contributed by atoms with van der Waals surface area (Å²) in [6, 6.07) is 5.37. The number of alkyl halides is 3. The molecule has 1 aliphatic rings. The Balaban J connectivity index is 1.90. The average Bonchev–Trinajstić information content (AvgIpc) is 3.24. The molecule has 0 bridgehead atoms. The van der Waals surface area contributed by atoms with Crippen molar-refractivity contribution in [2.24, 2.45) is 5.92 Å². The quantitative estimate of drug-likeness (QED) is 0.286. The van der Waals surface area contributed by atoms with E-state index in [-0.39, 0.29) is 41.6 Å². The second-order valence-corrected chi connectivity index (χ2v) is 14.5. The van der Waals surface area contributed by atoms with Crippen LogP contribution < -0.4 is 10.6 Å². The molecule has 2 aromatic rings. The molecule has 44 heavy (non-hydrogen) atoms. The average molecular weight is 644 g/mol. The molecule has 2 aromatic carbocycles. The Morgan fingerprint density at radius 3 is 2.14 bits per heavy atom. The highest BCUT2D eigenvalue weighted by molar-refractivity contribution is 7.90. The van der Waals surface area contributed by atoms with E-state index < -0.39 is 57.9 Å². The maximum atomic E-state index is 14.0. The molecule has 14 heteroatoms. The van der Waals surface area contributed by atoms with E-state index in [1.165, 1.54) is 47.4 Å². The van der Waals surface area contributed by atoms with E-state index in [2.05, 4.69) is 10.6 Å². The molecular formula is C30H40F3N3O7S. The second kappa shape index (κ2) is 13.3. The van der Waals surface area contributed by atoms with Gasteiger partial charge >= 0.3 is 18.2 Å². The summed E-state index contributed by atoms with van der Waals surface area (Å²) in [6.07, 6.45) is -5.39. The van der Waals surface area contributed by atoms with E-state index in [9.17, 15) is 41.4 Å². The van der Waals surface area contributed by atoms with Crippen LogP contribution in [0, 0.1) is 5.92 Å². The number of aliphatic hydroxyl groups is 1. The number of carbonyl (C=O) groups is 2. The van der Waals surface area contributed by atoms with Gasteiger partial charge in [-0.2, -0.15) is 13.2 Å². The number of aliphatic carboxylic acids is 1. The number of β-amino-alcohol motifs (C(OH)–C–C–N with tert-alkyl or cyclic N) is 1. The van der Waals surface area contributed by atoms with Crippen molar-refractivity contribution in [3.8, 4) is 11.1 Å². The van der Waals surface area contributed by atoms with E-state index in [0.29, 0.717) is 11.1 Å². The zero-order valence-electron chi connectivity index (χ0n) is 25.5. The van der Waals surface area contributed by atoms with E-state index in [1.807, 2.05) is 0 Å². The van der Waals surface area contributed by atoms with Crippen LogP contribution >= 0.6 is 0 Å². The molecule has 4 N–H and O–H groups in total. The van der Waals surface area contributed by atoms with Crippen molar-refractivity contribution in [3.63, 3.8) is 0 Å². The summed E-state index contributed by atoms with van der Waals surface area (Å²) in [5, 5.41) is 25.4. The van der Waals surface area contributed by atoms with Crippen LogP contribution in [0.25, 0.3) is 11.1 Å². The van der Waals surface area contributed by atoms with Crippen LogP contribution in [0.4, 0.5) is 23.7 Å². The molecule has 3 rings (SSSR count). The van der Waals surface area contributed by atoms with Gasteiger partial charge in [-0.05, 0) is 61.9 Å². The normalized spacial score (nSPS) is 19.1. The first-order valence-corrected chi connectivity index (χ1v) is 16.0. The summed E-state index contributed by atoms with van der Waals surface area (Å²) in [6.45, 7) is 8.58. The number of benzene rings is 2. The number of carbonyl (C=O) groups excluding carboxylic acids is 1. The number of likely N-dealkylation sites (tertiary alicyclic amines) is 1. The third kappa shape index (κ3) is 9.32. The monoisotopic (exact) mass is 643 g/mol.